The molecule has 3 aromatic carbocycles. The second-order valence-corrected chi connectivity index (χ2v) is 25.0. The third-order valence-corrected chi connectivity index (χ3v) is 18.6. The molecule has 5 aromatic rings. The summed E-state index contributed by atoms with van der Waals surface area (Å²) in [6.07, 6.45) is 13.0. The van der Waals surface area contributed by atoms with Crippen LogP contribution < -0.4 is 14.7 Å². The molecule has 0 amide bonds. The van der Waals surface area contributed by atoms with Gasteiger partial charge in [0.1, 0.15) is 46.6 Å². The first-order valence-corrected chi connectivity index (χ1v) is 30.0. The number of methoxy groups -OCH3 is 3. The molecule has 3 unspecified atom stereocenters. The van der Waals surface area contributed by atoms with Crippen LogP contribution in [0.3, 0.4) is 0 Å². The Labute approximate surface area is 476 Å². The number of allylic oxidation sites excluding steroid dienone is 2. The molecule has 84 heavy (non-hydrogen) atoms. The number of sulfonamides is 3. The Morgan fingerprint density at radius 3 is 1.77 bits per heavy atom. The number of hydrazine groups is 1. The molecule has 7 aliphatic rings. The lowest BCUT2D eigenvalue weighted by atomic mass is 9.86. The lowest BCUT2D eigenvalue weighted by Crippen LogP contribution is -2.44. The number of hydrazone groups is 1. The van der Waals surface area contributed by atoms with Gasteiger partial charge in [-0.2, -0.15) is 13.4 Å². The van der Waals surface area contributed by atoms with Crippen LogP contribution in [-0.2, 0) is 63.7 Å². The Balaban J connectivity index is 0.799. The van der Waals surface area contributed by atoms with E-state index in [0.717, 1.165) is 40.1 Å². The van der Waals surface area contributed by atoms with E-state index in [9.17, 15) is 25.3 Å². The van der Waals surface area contributed by atoms with Gasteiger partial charge in [0.2, 0.25) is 33.9 Å². The van der Waals surface area contributed by atoms with E-state index in [1.165, 1.54) is 70.3 Å². The highest BCUT2D eigenvalue weighted by Gasteiger charge is 2.43. The number of fused-ring (bicyclic) bond motifs is 8. The number of nitrogens with two attached hydrogens (primary N) is 1. The van der Waals surface area contributed by atoms with E-state index >= 15 is 26.3 Å². The number of ether oxygens (including phenoxy) is 3. The highest BCUT2D eigenvalue weighted by Crippen LogP contribution is 2.42. The average Bonchev–Trinajstić information content (AvgIpc) is 2.75. The molecule has 12 rings (SSSR count). The number of hydrogen-bond acceptors (Lipinski definition) is 15. The fourth-order valence-electron chi connectivity index (χ4n) is 11.2. The summed E-state index contributed by atoms with van der Waals surface area (Å²) in [6.45, 7) is 0.267. The van der Waals surface area contributed by atoms with E-state index in [0.29, 0.717) is 48.7 Å². The van der Waals surface area contributed by atoms with E-state index in [4.69, 9.17) is 19.3 Å². The highest BCUT2D eigenvalue weighted by molar-refractivity contribution is 7.90. The molecule has 3 atom stereocenters. The molecule has 19 nitrogen and oxygen atoms in total. The third-order valence-electron chi connectivity index (χ3n) is 15.1. The summed E-state index contributed by atoms with van der Waals surface area (Å²) < 4.78 is 195. The number of hydrogen-bond donors (Lipinski definition) is 3. The van der Waals surface area contributed by atoms with E-state index in [-0.39, 0.29) is 74.9 Å². The standard InChI is InChI=1S/C56H45F6N10O9S3/c1-79-49-21-35-45(66-49)7-6-27-5-4-12-71(55(27)35)25-38-43(61)19-32(20-44(38)62)84(77,78)70-72-26-48-53(37-23-51(81-3)68-56(37)72)29(9-11-65-48)14-34-41(59)17-31(18-42(34)60)83(75,76)69-47-24-46-52(36-22-50(80-2)67-54(36)47)28(8-10-64-46)13-33-39(57)15-30(16-40(33)58)82(63,73)74/h6-11,15-24,26,45,54,56,69-70H,4-5,12-14,25H2,1-3H3,(H2,63,73,74)/q+1. The molecule has 2 aromatic heterocycles. The van der Waals surface area contributed by atoms with Crippen LogP contribution in [0.1, 0.15) is 63.2 Å². The van der Waals surface area contributed by atoms with Crippen LogP contribution in [-0.4, -0.2) is 115 Å². The Kier molecular flexibility index (Phi) is 13.9. The SMILES string of the molecule is COC1=NC2C=CC3=C(C2=C1)N(Cc1c(F)cc(S(=O)(=O)N[N+]2=Cc4nccc(Cc5c(F)cc(S(=O)(=O)NC6=Cc7nccc(Cc8c(F)cc(S(N)(=O)=O)cc8F)c7C7=CC(OC)=NC67)cc5F)c4C4=CC(OC)=NC42)cc1F)CCC3. The van der Waals surface area contributed by atoms with Crippen molar-refractivity contribution in [2.45, 2.75) is 65.2 Å². The fraction of sp³-hybridized carbons (Fsp3) is 0.214. The van der Waals surface area contributed by atoms with Crippen molar-refractivity contribution in [1.29, 1.82) is 0 Å². The van der Waals surface area contributed by atoms with Crippen molar-refractivity contribution in [3.8, 4) is 0 Å². The van der Waals surface area contributed by atoms with Gasteiger partial charge in [0.15, 0.2) is 0 Å². The predicted octanol–water partition coefficient (Wildman–Crippen LogP) is 6.16. The average molecular weight is 1210 g/mol. The number of nitrogens with one attached hydrogen (secondary N) is 2. The summed E-state index contributed by atoms with van der Waals surface area (Å²) >= 11 is 0. The molecular weight excluding hydrogens is 1170 g/mol. The second-order valence-electron chi connectivity index (χ2n) is 20.1. The molecular formula is C56H45F6N10O9S3+. The van der Waals surface area contributed by atoms with Crippen molar-refractivity contribution in [3.63, 3.8) is 0 Å². The Morgan fingerprint density at radius 2 is 1.17 bits per heavy atom. The van der Waals surface area contributed by atoms with E-state index in [1.54, 1.807) is 6.08 Å². The molecule has 0 saturated heterocycles. The number of nitrogens with zero attached hydrogens (tertiary/aromatic N) is 7. The maximum absolute atomic E-state index is 16.4. The molecule has 2 aliphatic carbocycles. The zero-order valence-corrected chi connectivity index (χ0v) is 46.6. The first-order chi connectivity index (χ1) is 40.0. The summed E-state index contributed by atoms with van der Waals surface area (Å²) in [4.78, 5) is 24.1. The van der Waals surface area contributed by atoms with Crippen molar-refractivity contribution in [2.24, 2.45) is 20.1 Å². The normalized spacial score (nSPS) is 19.5. The minimum Gasteiger partial charge on any atom is -0.481 e. The van der Waals surface area contributed by atoms with Gasteiger partial charge in [0.05, 0.1) is 59.0 Å². The summed E-state index contributed by atoms with van der Waals surface area (Å²) in [7, 11) is -9.96. The van der Waals surface area contributed by atoms with Crippen molar-refractivity contribution < 1.29 is 70.5 Å². The highest BCUT2D eigenvalue weighted by atomic mass is 32.2. The van der Waals surface area contributed by atoms with Crippen molar-refractivity contribution >= 4 is 71.2 Å². The van der Waals surface area contributed by atoms with Crippen LogP contribution in [0.15, 0.2) is 144 Å². The zero-order valence-electron chi connectivity index (χ0n) is 44.2. The molecule has 0 radical (unpaired) electrons. The Morgan fingerprint density at radius 1 is 0.643 bits per heavy atom. The van der Waals surface area contributed by atoms with Crippen LogP contribution >= 0.6 is 0 Å². The molecule has 28 heteroatoms. The number of aliphatic imine (C=N–C) groups is 3. The van der Waals surface area contributed by atoms with Crippen molar-refractivity contribution in [2.75, 3.05) is 27.9 Å². The first-order valence-electron chi connectivity index (χ1n) is 25.5. The van der Waals surface area contributed by atoms with Crippen molar-refractivity contribution in [3.05, 3.63) is 199 Å². The topological polar surface area (TPSA) is 249 Å². The molecule has 5 aliphatic heterocycles. The maximum Gasteiger partial charge on any atom is 0.306 e. The van der Waals surface area contributed by atoms with Gasteiger partial charge < -0.3 is 19.1 Å². The zero-order chi connectivity index (χ0) is 59.3. The van der Waals surface area contributed by atoms with Crippen LogP contribution in [0, 0.1) is 34.9 Å². The molecule has 7 heterocycles. The van der Waals surface area contributed by atoms with Crippen LogP contribution in [0.25, 0.3) is 17.2 Å². The molecule has 0 spiro atoms. The van der Waals surface area contributed by atoms with Gasteiger partial charge >= 0.3 is 16.2 Å². The van der Waals surface area contributed by atoms with E-state index < -0.39 is 116 Å². The van der Waals surface area contributed by atoms with E-state index in [1.807, 2.05) is 17.1 Å². The largest absolute Gasteiger partial charge is 0.481 e. The Bertz CT molecular complexity index is 4390. The number of halogens is 6. The molecule has 0 fully saturated rings. The van der Waals surface area contributed by atoms with Crippen molar-refractivity contribution in [1.82, 2.24) is 24.4 Å². The van der Waals surface area contributed by atoms with Crippen LogP contribution in [0.2, 0.25) is 0 Å². The van der Waals surface area contributed by atoms with Gasteiger partial charge in [-0.15, -0.1) is 0 Å². The number of rotatable bonds is 13. The summed E-state index contributed by atoms with van der Waals surface area (Å²) in [6, 6.07) is 5.31. The number of aromatic nitrogens is 2. The fourth-order valence-corrected chi connectivity index (χ4v) is 13.9. The number of benzene rings is 3. The summed E-state index contributed by atoms with van der Waals surface area (Å²) in [5.41, 5.74) is 2.90. The lowest BCUT2D eigenvalue weighted by molar-refractivity contribution is -0.581. The summed E-state index contributed by atoms with van der Waals surface area (Å²) in [5.74, 6) is -6.66. The van der Waals surface area contributed by atoms with Gasteiger partial charge in [0.25, 0.3) is 10.0 Å². The minimum absolute atomic E-state index is 0.0169. The predicted molar refractivity (Wildman–Crippen MR) is 293 cm³/mol. The minimum atomic E-state index is -4.84. The van der Waals surface area contributed by atoms with Gasteiger partial charge in [0, 0.05) is 95.6 Å². The monoisotopic (exact) mass is 1210 g/mol. The van der Waals surface area contributed by atoms with Gasteiger partial charge in [-0.25, -0.2) is 63.3 Å². The van der Waals surface area contributed by atoms with Crippen LogP contribution in [0.4, 0.5) is 26.3 Å². The number of pyridine rings is 2. The smallest absolute Gasteiger partial charge is 0.306 e. The van der Waals surface area contributed by atoms with Gasteiger partial charge in [-0.05, 0) is 89.7 Å². The lowest BCUT2D eigenvalue weighted by Gasteiger charge is -2.36. The van der Waals surface area contributed by atoms with Crippen LogP contribution in [0.5, 0.6) is 0 Å². The first kappa shape index (κ1) is 55.8. The molecule has 0 saturated carbocycles. The second kappa shape index (κ2) is 20.9. The quantitative estimate of drug-likeness (QED) is 0.0886. The maximum atomic E-state index is 16.4. The Hall–Kier alpha value is -8.73. The molecule has 4 N–H and O–H groups in total. The summed E-state index contributed by atoms with van der Waals surface area (Å²) in [5, 5.41) is 5.09. The van der Waals surface area contributed by atoms with E-state index in [2.05, 4.69) is 34.5 Å². The number of primary sulfonamides is 1. The third kappa shape index (κ3) is 9.93. The van der Waals surface area contributed by atoms with Gasteiger partial charge in [-0.3, -0.25) is 9.71 Å². The van der Waals surface area contributed by atoms with Gasteiger partial charge in [-0.1, -0.05) is 21.7 Å². The molecule has 0 bridgehead atoms. The molecule has 432 valence electrons.